The van der Waals surface area contributed by atoms with Crippen molar-refractivity contribution in [2.75, 3.05) is 52.9 Å². The van der Waals surface area contributed by atoms with E-state index < -0.39 is 244 Å². The van der Waals surface area contributed by atoms with Crippen LogP contribution >= 0.6 is 0 Å². The van der Waals surface area contributed by atoms with E-state index in [1.54, 1.807) is 55.4 Å². The molecule has 40 atom stereocenters. The van der Waals surface area contributed by atoms with Gasteiger partial charge < -0.3 is 201 Å². The molecule has 0 saturated carbocycles. The molecule has 0 radical (unpaired) electrons. The average Bonchev–Trinajstić information content (AvgIpc) is 2.27. The Bertz CT molecular complexity index is 1580. The zero-order valence-electron chi connectivity index (χ0n) is 54.3. The van der Waals surface area contributed by atoms with Gasteiger partial charge in [0.25, 0.3) is 0 Å². The highest BCUT2D eigenvalue weighted by Crippen LogP contribution is 2.27. The minimum absolute atomic E-state index is 0.366. The van der Waals surface area contributed by atoms with Crippen molar-refractivity contribution in [1.29, 1.82) is 0 Å². The van der Waals surface area contributed by atoms with Gasteiger partial charge in [0.1, 0.15) is 195 Å². The summed E-state index contributed by atoms with van der Waals surface area (Å²) < 4.78 is 40.2. The van der Waals surface area contributed by atoms with Gasteiger partial charge >= 0.3 is 0 Å². The molecule has 576 valence electrons. The predicted molar refractivity (Wildman–Crippen MR) is 316 cm³/mol. The standard InChI is InChI=1S/8C7H14O5/c8*1-3-5(9)7(11)6(10)4(2-8)12-3/h8*3-11H,2H2,1H3/t3?,4-,5+,6+,7+;3?,4-,5+,6+,7-;3?,4-,5+,6-,7+;3?,4-,5+,6-,7-;3?,4-,5-,6+,7+;3?,4-,5-,6+,7-;3?,4-,5-,6-,7+;3?,4-,5-,6-,7-/m11111111/s1. The van der Waals surface area contributed by atoms with E-state index in [4.69, 9.17) is 78.7 Å². The zero-order chi connectivity index (χ0) is 74.4. The molecule has 0 amide bonds. The third-order valence-corrected chi connectivity index (χ3v) is 17.0. The minimum Gasteiger partial charge on any atom is -0.394 e. The fourth-order valence-corrected chi connectivity index (χ4v) is 10.3. The van der Waals surface area contributed by atoms with E-state index in [0.29, 0.717) is 0 Å². The highest BCUT2D eigenvalue weighted by molar-refractivity contribution is 4.96. The molecular formula is C56H112O40. The first-order chi connectivity index (χ1) is 44.6. The van der Waals surface area contributed by atoms with Gasteiger partial charge in [0.15, 0.2) is 0 Å². The van der Waals surface area contributed by atoms with Crippen LogP contribution in [-0.4, -0.2) is 460 Å². The van der Waals surface area contributed by atoms with Crippen LogP contribution in [0.4, 0.5) is 0 Å². The third-order valence-electron chi connectivity index (χ3n) is 17.0. The number of hydrogen-bond donors (Lipinski definition) is 32. The largest absolute Gasteiger partial charge is 0.394 e. The molecule has 0 aromatic rings. The second-order valence-electron chi connectivity index (χ2n) is 24.3. The van der Waals surface area contributed by atoms with Crippen LogP contribution in [0.15, 0.2) is 0 Å². The predicted octanol–water partition coefficient (Wildman–Crippen LogP) is -17.2. The maximum Gasteiger partial charge on any atom is 0.111 e. The van der Waals surface area contributed by atoms with E-state index in [1.165, 1.54) is 0 Å². The molecule has 0 aliphatic carbocycles. The van der Waals surface area contributed by atoms with Crippen LogP contribution in [0.1, 0.15) is 55.4 Å². The summed E-state index contributed by atoms with van der Waals surface area (Å²) in [6.07, 6.45) is -39.5. The molecule has 40 nitrogen and oxygen atoms in total. The van der Waals surface area contributed by atoms with E-state index in [9.17, 15) is 123 Å². The first-order valence-electron chi connectivity index (χ1n) is 31.0. The first-order valence-corrected chi connectivity index (χ1v) is 31.0. The molecule has 8 fully saturated rings. The van der Waals surface area contributed by atoms with Crippen LogP contribution in [0.25, 0.3) is 0 Å². The smallest absolute Gasteiger partial charge is 0.111 e. The molecule has 8 unspecified atom stereocenters. The summed E-state index contributed by atoms with van der Waals surface area (Å²) >= 11 is 0. The second kappa shape index (κ2) is 44.1. The molecule has 8 aliphatic heterocycles. The maximum atomic E-state index is 9.23. The Balaban J connectivity index is 0.000000549. The Morgan fingerprint density at radius 1 is 0.135 bits per heavy atom. The van der Waals surface area contributed by atoms with Crippen LogP contribution in [0.3, 0.4) is 0 Å². The Hall–Kier alpha value is -1.60. The summed E-state index contributed by atoms with van der Waals surface area (Å²) in [6.45, 7) is 9.65. The first kappa shape index (κ1) is 92.4. The topological polar surface area (TPSA) is 721 Å². The Kier molecular flexibility index (Phi) is 42.5. The van der Waals surface area contributed by atoms with Crippen LogP contribution in [0.5, 0.6) is 0 Å². The van der Waals surface area contributed by atoms with Crippen molar-refractivity contribution in [2.45, 2.75) is 300 Å². The zero-order valence-corrected chi connectivity index (χ0v) is 54.3. The van der Waals surface area contributed by atoms with Crippen molar-refractivity contribution >= 4 is 0 Å². The van der Waals surface area contributed by atoms with Gasteiger partial charge in [-0.15, -0.1) is 0 Å². The molecular weight excluding hydrogens is 1310 g/mol. The van der Waals surface area contributed by atoms with E-state index in [-0.39, 0.29) is 52.9 Å². The Morgan fingerprint density at radius 3 is 0.271 bits per heavy atom. The summed E-state index contributed by atoms with van der Waals surface area (Å²) in [5.74, 6) is 0. The highest BCUT2D eigenvalue weighted by Gasteiger charge is 2.47. The molecule has 8 aliphatic rings. The van der Waals surface area contributed by atoms with Crippen LogP contribution in [0, 0.1) is 0 Å². The van der Waals surface area contributed by atoms with Gasteiger partial charge in [-0.25, -0.2) is 0 Å². The number of rotatable bonds is 8. The minimum atomic E-state index is -1.24. The molecule has 40 heteroatoms. The van der Waals surface area contributed by atoms with E-state index in [2.05, 4.69) is 0 Å². The van der Waals surface area contributed by atoms with Gasteiger partial charge in [-0.3, -0.25) is 0 Å². The average molecular weight is 1430 g/mol. The number of ether oxygens (including phenoxy) is 8. The summed E-state index contributed by atoms with van der Waals surface area (Å²) in [5.41, 5.74) is 0. The lowest BCUT2D eigenvalue weighted by molar-refractivity contribution is -0.224. The van der Waals surface area contributed by atoms with Crippen molar-refractivity contribution in [1.82, 2.24) is 0 Å². The van der Waals surface area contributed by atoms with Crippen molar-refractivity contribution in [3.8, 4) is 0 Å². The number of hydrogen-bond acceptors (Lipinski definition) is 40. The summed E-state index contributed by atoms with van der Waals surface area (Å²) in [5, 5.41) is 291. The molecule has 8 saturated heterocycles. The second-order valence-corrected chi connectivity index (χ2v) is 24.3. The number of aliphatic hydroxyl groups is 32. The van der Waals surface area contributed by atoms with E-state index >= 15 is 0 Å². The van der Waals surface area contributed by atoms with Gasteiger partial charge in [0, 0.05) is 0 Å². The van der Waals surface area contributed by atoms with Crippen molar-refractivity contribution in [3.05, 3.63) is 0 Å². The lowest BCUT2D eigenvalue weighted by Gasteiger charge is -2.38. The Labute approximate surface area is 552 Å². The third kappa shape index (κ3) is 25.4. The molecule has 96 heavy (non-hydrogen) atoms. The molecule has 0 spiro atoms. The van der Waals surface area contributed by atoms with Gasteiger partial charge in [0.2, 0.25) is 0 Å². The SMILES string of the molecule is CC1O[C@H](CO)[C@@H](O)[C@@H](O)[C@@H]1O.CC1O[C@H](CO)[C@@H](O)[C@@H](O)[C@H]1O.CC1O[C@H](CO)[C@@H](O)[C@H](O)[C@@H]1O.CC1O[C@H](CO)[C@@H](O)[C@H](O)[C@H]1O.CC1O[C@H](CO)[C@H](O)[C@@H](O)[C@@H]1O.CC1O[C@H](CO)[C@H](O)[C@@H](O)[C@H]1O.CC1O[C@H](CO)[C@H](O)[C@H](O)[C@@H]1O.CC1O[C@H](CO)[C@H](O)[C@H](O)[C@H]1O. The molecule has 0 aromatic heterocycles. The highest BCUT2D eigenvalue weighted by atomic mass is 16.6. The Morgan fingerprint density at radius 2 is 0.208 bits per heavy atom. The van der Waals surface area contributed by atoms with Gasteiger partial charge in [0.05, 0.1) is 102 Å². The molecule has 8 rings (SSSR count). The van der Waals surface area contributed by atoms with Gasteiger partial charge in [-0.1, -0.05) is 0 Å². The summed E-state index contributed by atoms with van der Waals surface area (Å²) in [4.78, 5) is 0. The van der Waals surface area contributed by atoms with E-state index in [1.807, 2.05) is 0 Å². The molecule has 8 heterocycles. The fourth-order valence-electron chi connectivity index (χ4n) is 10.3. The van der Waals surface area contributed by atoms with Gasteiger partial charge in [-0.05, 0) is 55.4 Å². The molecule has 0 bridgehead atoms. The fraction of sp³-hybridized carbons (Fsp3) is 1.00. The summed E-state index contributed by atoms with van der Waals surface area (Å²) in [6, 6.07) is 0. The van der Waals surface area contributed by atoms with Crippen LogP contribution in [-0.2, 0) is 37.9 Å². The van der Waals surface area contributed by atoms with E-state index in [0.717, 1.165) is 0 Å². The summed E-state index contributed by atoms with van der Waals surface area (Å²) in [7, 11) is 0. The maximum absolute atomic E-state index is 9.23. The van der Waals surface area contributed by atoms with Crippen molar-refractivity contribution < 1.29 is 201 Å². The van der Waals surface area contributed by atoms with Gasteiger partial charge in [-0.2, -0.15) is 0 Å². The lowest BCUT2D eigenvalue weighted by Crippen LogP contribution is -2.57. The van der Waals surface area contributed by atoms with Crippen molar-refractivity contribution in [2.24, 2.45) is 0 Å². The monoisotopic (exact) mass is 1420 g/mol. The quantitative estimate of drug-likeness (QED) is 0.107. The molecule has 0 aromatic carbocycles. The normalized spacial score (nSPS) is 49.2. The van der Waals surface area contributed by atoms with Crippen LogP contribution in [0.2, 0.25) is 0 Å². The molecule has 32 N–H and O–H groups in total. The van der Waals surface area contributed by atoms with Crippen molar-refractivity contribution in [3.63, 3.8) is 0 Å². The lowest BCUT2D eigenvalue weighted by atomic mass is 9.96. The van der Waals surface area contributed by atoms with Crippen LogP contribution < -0.4 is 0 Å². The number of aliphatic hydroxyl groups excluding tert-OH is 32.